The van der Waals surface area contributed by atoms with Crippen LogP contribution in [0.4, 0.5) is 0 Å². The van der Waals surface area contributed by atoms with E-state index in [0.717, 1.165) is 0 Å². The van der Waals surface area contributed by atoms with Crippen molar-refractivity contribution < 1.29 is 32.0 Å². The lowest BCUT2D eigenvalue weighted by Gasteiger charge is -2.30. The van der Waals surface area contributed by atoms with Gasteiger partial charge in [0.25, 0.3) is 5.91 Å². The summed E-state index contributed by atoms with van der Waals surface area (Å²) in [4.78, 5) is 24.9. The third kappa shape index (κ3) is 5.86. The third-order valence-corrected chi connectivity index (χ3v) is 7.66. The molecule has 0 bridgehead atoms. The average molecular weight is 495 g/mol. The van der Waals surface area contributed by atoms with Crippen molar-refractivity contribution in [2.45, 2.75) is 51.5 Å². The van der Waals surface area contributed by atoms with E-state index < -0.39 is 28.0 Å². The summed E-state index contributed by atoms with van der Waals surface area (Å²) in [6.45, 7) is 7.48. The van der Waals surface area contributed by atoms with Crippen molar-refractivity contribution in [2.75, 3.05) is 19.7 Å². The summed E-state index contributed by atoms with van der Waals surface area (Å²) in [5, 5.41) is 3.71. The van der Waals surface area contributed by atoms with E-state index in [1.54, 1.807) is 45.0 Å². The van der Waals surface area contributed by atoms with Crippen LogP contribution in [0.1, 0.15) is 38.1 Å². The number of ether oxygens (including phenoxy) is 2. The molecule has 186 valence electrons. The molecule has 2 amide bonds. The standard InChI is InChI=1S/C22H30N4O7S/c1-5-31-18-6-8-19(9-7-18)32-16(4)21(27)23-24-22(28)17-10-12-26(13-11-17)34(29,30)20-14(2)25-33-15(20)3/h6-9,16-17H,5,10-13H2,1-4H3,(H,23,27)(H,24,28). The molecule has 1 aliphatic heterocycles. The molecule has 1 aromatic heterocycles. The fourth-order valence-corrected chi connectivity index (χ4v) is 5.46. The third-order valence-electron chi connectivity index (χ3n) is 5.52. The Kier molecular flexibility index (Phi) is 8.15. The molecule has 0 radical (unpaired) electrons. The fraction of sp³-hybridized carbons (Fsp3) is 0.500. The molecule has 0 spiro atoms. The molecule has 1 fully saturated rings. The Balaban J connectivity index is 1.46. The Labute approximate surface area is 198 Å². The predicted octanol–water partition coefficient (Wildman–Crippen LogP) is 1.71. The topological polar surface area (TPSA) is 140 Å². The van der Waals surface area contributed by atoms with Crippen molar-refractivity contribution in [3.8, 4) is 11.5 Å². The van der Waals surface area contributed by atoms with Crippen LogP contribution < -0.4 is 20.3 Å². The van der Waals surface area contributed by atoms with Crippen molar-refractivity contribution in [3.63, 3.8) is 0 Å². The maximum Gasteiger partial charge on any atom is 0.279 e. The smallest absolute Gasteiger partial charge is 0.279 e. The summed E-state index contributed by atoms with van der Waals surface area (Å²) in [6, 6.07) is 6.86. The number of nitrogens with zero attached hydrogens (tertiary/aromatic N) is 2. The number of aryl methyl sites for hydroxylation is 2. The Morgan fingerprint density at radius 2 is 1.76 bits per heavy atom. The van der Waals surface area contributed by atoms with E-state index >= 15 is 0 Å². The zero-order chi connectivity index (χ0) is 24.9. The van der Waals surface area contributed by atoms with E-state index in [2.05, 4.69) is 16.0 Å². The first-order chi connectivity index (χ1) is 16.1. The SMILES string of the molecule is CCOc1ccc(OC(C)C(=O)NNC(=O)C2CCN(S(=O)(=O)c3c(C)noc3C)CC2)cc1. The van der Waals surface area contributed by atoms with Gasteiger partial charge >= 0.3 is 0 Å². The number of carbonyl (C=O) groups excluding carboxylic acids is 2. The Morgan fingerprint density at radius 1 is 1.15 bits per heavy atom. The number of carbonyl (C=O) groups is 2. The van der Waals surface area contributed by atoms with Gasteiger partial charge in [-0.3, -0.25) is 20.4 Å². The van der Waals surface area contributed by atoms with Crippen LogP contribution in [0.3, 0.4) is 0 Å². The van der Waals surface area contributed by atoms with Crippen LogP contribution in [0.2, 0.25) is 0 Å². The quantitative estimate of drug-likeness (QED) is 0.529. The summed E-state index contributed by atoms with van der Waals surface area (Å²) < 4.78 is 43.1. The van der Waals surface area contributed by atoms with Crippen molar-refractivity contribution >= 4 is 21.8 Å². The number of hydrogen-bond donors (Lipinski definition) is 2. The molecular weight excluding hydrogens is 464 g/mol. The lowest BCUT2D eigenvalue weighted by Crippen LogP contribution is -2.51. The number of nitrogens with one attached hydrogen (secondary N) is 2. The molecule has 3 rings (SSSR count). The van der Waals surface area contributed by atoms with Gasteiger partial charge in [0.2, 0.25) is 15.9 Å². The number of aromatic nitrogens is 1. The van der Waals surface area contributed by atoms with Crippen molar-refractivity contribution in [1.82, 2.24) is 20.3 Å². The summed E-state index contributed by atoms with van der Waals surface area (Å²) in [7, 11) is -3.75. The van der Waals surface area contributed by atoms with Gasteiger partial charge in [-0.25, -0.2) is 8.42 Å². The number of hydrogen-bond acceptors (Lipinski definition) is 8. The van der Waals surface area contributed by atoms with Crippen LogP contribution in [0, 0.1) is 19.8 Å². The molecule has 2 aromatic rings. The monoisotopic (exact) mass is 494 g/mol. The summed E-state index contributed by atoms with van der Waals surface area (Å²) in [5.74, 6) is 0.103. The normalized spacial score (nSPS) is 16.0. The van der Waals surface area contributed by atoms with Gasteiger partial charge in [-0.15, -0.1) is 0 Å². The largest absolute Gasteiger partial charge is 0.494 e. The van der Waals surface area contributed by atoms with E-state index in [1.165, 1.54) is 4.31 Å². The van der Waals surface area contributed by atoms with Crippen LogP contribution in [0.15, 0.2) is 33.7 Å². The van der Waals surface area contributed by atoms with Gasteiger partial charge < -0.3 is 14.0 Å². The summed E-state index contributed by atoms with van der Waals surface area (Å²) in [5.41, 5.74) is 5.09. The van der Waals surface area contributed by atoms with Crippen molar-refractivity contribution in [3.05, 3.63) is 35.7 Å². The number of rotatable bonds is 8. The van der Waals surface area contributed by atoms with Gasteiger partial charge in [-0.2, -0.15) is 4.31 Å². The second-order valence-corrected chi connectivity index (χ2v) is 9.85. The molecule has 1 aromatic carbocycles. The van der Waals surface area contributed by atoms with Crippen LogP contribution in [-0.4, -0.2) is 55.5 Å². The summed E-state index contributed by atoms with van der Waals surface area (Å²) in [6.07, 6.45) is -0.203. The highest BCUT2D eigenvalue weighted by atomic mass is 32.2. The van der Waals surface area contributed by atoms with Gasteiger partial charge in [0.05, 0.1) is 6.61 Å². The van der Waals surface area contributed by atoms with E-state index in [1.807, 2.05) is 6.92 Å². The first-order valence-corrected chi connectivity index (χ1v) is 12.5. The highest BCUT2D eigenvalue weighted by Gasteiger charge is 2.35. The molecule has 1 aliphatic rings. The number of piperidine rings is 1. The van der Waals surface area contributed by atoms with Crippen LogP contribution in [-0.2, 0) is 19.6 Å². The maximum atomic E-state index is 12.9. The first-order valence-electron chi connectivity index (χ1n) is 11.1. The molecular formula is C22H30N4O7S. The minimum atomic E-state index is -3.75. The number of sulfonamides is 1. The molecule has 34 heavy (non-hydrogen) atoms. The van der Waals surface area contributed by atoms with Crippen molar-refractivity contribution in [1.29, 1.82) is 0 Å². The molecule has 2 N–H and O–H groups in total. The van der Waals surface area contributed by atoms with Gasteiger partial charge in [0, 0.05) is 19.0 Å². The summed E-state index contributed by atoms with van der Waals surface area (Å²) >= 11 is 0. The Hall–Kier alpha value is -3.12. The molecule has 1 atom stereocenters. The minimum absolute atomic E-state index is 0.0733. The molecule has 2 heterocycles. The van der Waals surface area contributed by atoms with E-state index in [4.69, 9.17) is 14.0 Å². The van der Waals surface area contributed by atoms with E-state index in [-0.39, 0.29) is 29.7 Å². The van der Waals surface area contributed by atoms with Crippen LogP contribution in [0.5, 0.6) is 11.5 Å². The van der Waals surface area contributed by atoms with Crippen LogP contribution in [0.25, 0.3) is 0 Å². The molecule has 0 aliphatic carbocycles. The Morgan fingerprint density at radius 3 is 2.32 bits per heavy atom. The van der Waals surface area contributed by atoms with Crippen LogP contribution >= 0.6 is 0 Å². The number of hydrazine groups is 1. The molecule has 1 saturated heterocycles. The lowest BCUT2D eigenvalue weighted by atomic mass is 9.98. The molecule has 11 nitrogen and oxygen atoms in total. The second kappa shape index (κ2) is 10.9. The van der Waals surface area contributed by atoms with Crippen molar-refractivity contribution in [2.24, 2.45) is 5.92 Å². The molecule has 0 saturated carbocycles. The maximum absolute atomic E-state index is 12.9. The zero-order valence-corrected chi connectivity index (χ0v) is 20.5. The Bertz CT molecular complexity index is 1090. The lowest BCUT2D eigenvalue weighted by molar-refractivity contribution is -0.134. The second-order valence-electron chi connectivity index (χ2n) is 7.97. The minimum Gasteiger partial charge on any atom is -0.494 e. The highest BCUT2D eigenvalue weighted by molar-refractivity contribution is 7.89. The first kappa shape index (κ1) is 25.5. The fourth-order valence-electron chi connectivity index (χ4n) is 3.70. The highest BCUT2D eigenvalue weighted by Crippen LogP contribution is 2.27. The zero-order valence-electron chi connectivity index (χ0n) is 19.7. The van der Waals surface area contributed by atoms with E-state index in [0.29, 0.717) is 36.6 Å². The van der Waals surface area contributed by atoms with Gasteiger partial charge in [-0.1, -0.05) is 5.16 Å². The molecule has 1 unspecified atom stereocenters. The van der Waals surface area contributed by atoms with Gasteiger partial charge in [0.1, 0.15) is 22.1 Å². The number of amides is 2. The van der Waals surface area contributed by atoms with Gasteiger partial charge in [0.15, 0.2) is 11.9 Å². The number of benzene rings is 1. The average Bonchev–Trinajstić information content (AvgIpc) is 3.17. The van der Waals surface area contributed by atoms with Gasteiger partial charge in [-0.05, 0) is 64.8 Å². The molecule has 12 heteroatoms. The predicted molar refractivity (Wildman–Crippen MR) is 121 cm³/mol. The van der Waals surface area contributed by atoms with E-state index in [9.17, 15) is 18.0 Å².